The summed E-state index contributed by atoms with van der Waals surface area (Å²) in [6.07, 6.45) is 5.37. The normalized spacial score (nSPS) is 13.2. The molecular formula is C25H27FN6O4S. The number of halogens is 1. The average molecular weight is 527 g/mol. The lowest BCUT2D eigenvalue weighted by Gasteiger charge is -2.20. The van der Waals surface area contributed by atoms with E-state index in [1.54, 1.807) is 49.0 Å². The molecule has 2 atom stereocenters. The number of hydrogen-bond acceptors (Lipinski definition) is 9. The summed E-state index contributed by atoms with van der Waals surface area (Å²) in [5.41, 5.74) is 2.00. The van der Waals surface area contributed by atoms with Crippen molar-refractivity contribution < 1.29 is 22.3 Å². The predicted molar refractivity (Wildman–Crippen MR) is 135 cm³/mol. The molecule has 37 heavy (non-hydrogen) atoms. The van der Waals surface area contributed by atoms with E-state index in [0.29, 0.717) is 28.6 Å². The van der Waals surface area contributed by atoms with Gasteiger partial charge in [0.1, 0.15) is 28.8 Å². The summed E-state index contributed by atoms with van der Waals surface area (Å²) in [7, 11) is -0.785. The molecule has 0 aliphatic rings. The highest BCUT2D eigenvalue weighted by molar-refractivity contribution is 7.91. The number of rotatable bonds is 9. The zero-order valence-electron chi connectivity index (χ0n) is 21.1. The van der Waals surface area contributed by atoms with Gasteiger partial charge in [-0.2, -0.15) is 0 Å². The highest BCUT2D eigenvalue weighted by Gasteiger charge is 2.33. The summed E-state index contributed by atoms with van der Waals surface area (Å²) < 4.78 is 53.3. The summed E-state index contributed by atoms with van der Waals surface area (Å²) >= 11 is 0. The fraction of sp³-hybridized carbons (Fsp3) is 0.320. The van der Waals surface area contributed by atoms with E-state index >= 15 is 0 Å². The molecule has 4 rings (SSSR count). The number of hydrogen-bond donors (Lipinski definition) is 0. The minimum absolute atomic E-state index is 0.165. The van der Waals surface area contributed by atoms with E-state index in [1.807, 2.05) is 13.0 Å². The summed E-state index contributed by atoms with van der Waals surface area (Å²) in [6.45, 7) is 5.16. The van der Waals surface area contributed by atoms with Gasteiger partial charge >= 0.3 is 0 Å². The average Bonchev–Trinajstić information content (AvgIpc) is 3.29. The van der Waals surface area contributed by atoms with Gasteiger partial charge in [0, 0.05) is 23.9 Å². The van der Waals surface area contributed by atoms with Crippen molar-refractivity contribution in [1.29, 1.82) is 0 Å². The maximum Gasteiger partial charge on any atom is 0.170 e. The first-order valence-corrected chi connectivity index (χ1v) is 13.1. The third-order valence-corrected chi connectivity index (χ3v) is 8.34. The van der Waals surface area contributed by atoms with Crippen LogP contribution >= 0.6 is 0 Å². The first-order valence-electron chi connectivity index (χ1n) is 11.4. The molecule has 0 aliphatic heterocycles. The molecule has 0 radical (unpaired) electrons. The number of nitrogens with zero attached hydrogens (tertiary/aromatic N) is 6. The van der Waals surface area contributed by atoms with Crippen molar-refractivity contribution in [2.75, 3.05) is 14.2 Å². The van der Waals surface area contributed by atoms with Crippen LogP contribution in [0.4, 0.5) is 4.39 Å². The van der Waals surface area contributed by atoms with Crippen molar-refractivity contribution in [3.63, 3.8) is 0 Å². The van der Waals surface area contributed by atoms with Crippen LogP contribution in [-0.2, 0) is 15.6 Å². The molecule has 3 aromatic heterocycles. The lowest BCUT2D eigenvalue weighted by Crippen LogP contribution is -2.27. The quantitative estimate of drug-likeness (QED) is 0.321. The Kier molecular flexibility index (Phi) is 7.48. The summed E-state index contributed by atoms with van der Waals surface area (Å²) in [6, 6.07) is 7.13. The molecule has 1 aromatic carbocycles. The van der Waals surface area contributed by atoms with Crippen LogP contribution in [0.2, 0.25) is 0 Å². The molecule has 0 saturated carbocycles. The van der Waals surface area contributed by atoms with Gasteiger partial charge in [-0.1, -0.05) is 13.0 Å². The van der Waals surface area contributed by atoms with Crippen molar-refractivity contribution in [1.82, 2.24) is 29.7 Å². The lowest BCUT2D eigenvalue weighted by molar-refractivity contribution is 0.390. The number of methoxy groups -OCH3 is 2. The van der Waals surface area contributed by atoms with E-state index in [1.165, 1.54) is 14.2 Å². The SMILES string of the molecule is COc1cccc(OC)c1-n1c(CS(=O)(=O)[C@@H](C)[C@H](C)c2ncc(F)cn2)nnc1-c1cncc(C)c1. The molecule has 0 fully saturated rings. The van der Waals surface area contributed by atoms with Gasteiger partial charge in [0.2, 0.25) is 0 Å². The van der Waals surface area contributed by atoms with Crippen molar-refractivity contribution in [2.24, 2.45) is 0 Å². The van der Waals surface area contributed by atoms with Gasteiger partial charge < -0.3 is 9.47 Å². The molecule has 194 valence electrons. The van der Waals surface area contributed by atoms with Crippen LogP contribution in [0.15, 0.2) is 49.1 Å². The Hall–Kier alpha value is -3.93. The van der Waals surface area contributed by atoms with Crippen LogP contribution in [0, 0.1) is 12.7 Å². The van der Waals surface area contributed by atoms with Gasteiger partial charge in [0.25, 0.3) is 0 Å². The van der Waals surface area contributed by atoms with Crippen LogP contribution in [0.1, 0.15) is 37.0 Å². The molecule has 0 spiro atoms. The number of aryl methyl sites for hydroxylation is 1. The Morgan fingerprint density at radius 2 is 1.65 bits per heavy atom. The van der Waals surface area contributed by atoms with Gasteiger partial charge in [-0.15, -0.1) is 10.2 Å². The van der Waals surface area contributed by atoms with Crippen LogP contribution < -0.4 is 9.47 Å². The minimum atomic E-state index is -3.81. The smallest absolute Gasteiger partial charge is 0.170 e. The molecule has 0 bridgehead atoms. The maximum absolute atomic E-state index is 13.6. The lowest BCUT2D eigenvalue weighted by atomic mass is 10.1. The van der Waals surface area contributed by atoms with Gasteiger partial charge in [-0.05, 0) is 37.6 Å². The minimum Gasteiger partial charge on any atom is -0.494 e. The summed E-state index contributed by atoms with van der Waals surface area (Å²) in [5.74, 6) is 0.0444. The molecule has 0 amide bonds. The van der Waals surface area contributed by atoms with Crippen molar-refractivity contribution in [3.8, 4) is 28.6 Å². The number of benzene rings is 1. The standard InChI is InChI=1S/C25H27FN6O4S/c1-15-9-18(11-27-10-15)25-31-30-22(32(25)23-20(35-4)7-6-8-21(23)36-5)14-37(33,34)17(3)16(2)24-28-12-19(26)13-29-24/h6-13,16-17H,14H2,1-5H3/t16-,17-/m0/s1. The molecule has 0 unspecified atom stereocenters. The van der Waals surface area contributed by atoms with E-state index in [0.717, 1.165) is 18.0 Å². The molecule has 4 aromatic rings. The molecule has 0 saturated heterocycles. The second-order valence-corrected chi connectivity index (χ2v) is 11.0. The summed E-state index contributed by atoms with van der Waals surface area (Å²) in [4.78, 5) is 12.2. The fourth-order valence-electron chi connectivity index (χ4n) is 3.95. The highest BCUT2D eigenvalue weighted by Crippen LogP contribution is 2.37. The third kappa shape index (κ3) is 5.29. The molecule has 12 heteroatoms. The van der Waals surface area contributed by atoms with Crippen LogP contribution in [0.3, 0.4) is 0 Å². The zero-order valence-corrected chi connectivity index (χ0v) is 21.9. The Labute approximate surface area is 214 Å². The molecule has 3 heterocycles. The van der Waals surface area contributed by atoms with Crippen molar-refractivity contribution in [3.05, 3.63) is 72.1 Å². The second-order valence-electron chi connectivity index (χ2n) is 8.60. The van der Waals surface area contributed by atoms with E-state index in [9.17, 15) is 12.8 Å². The second kappa shape index (κ2) is 10.6. The Balaban J connectivity index is 1.83. The number of sulfone groups is 1. The van der Waals surface area contributed by atoms with Gasteiger partial charge in [-0.25, -0.2) is 22.8 Å². The van der Waals surface area contributed by atoms with Crippen molar-refractivity contribution >= 4 is 9.84 Å². The van der Waals surface area contributed by atoms with Crippen LogP contribution in [-0.4, -0.2) is 57.6 Å². The Bertz CT molecular complexity index is 1490. The predicted octanol–water partition coefficient (Wildman–Crippen LogP) is 3.69. The topological polar surface area (TPSA) is 122 Å². The number of ether oxygens (including phenoxy) is 2. The first kappa shape index (κ1) is 26.1. The van der Waals surface area contributed by atoms with Crippen LogP contribution in [0.5, 0.6) is 11.5 Å². The van der Waals surface area contributed by atoms with Crippen molar-refractivity contribution in [2.45, 2.75) is 37.7 Å². The zero-order chi connectivity index (χ0) is 26.7. The number of pyridine rings is 1. The first-order chi connectivity index (χ1) is 17.7. The molecule has 10 nitrogen and oxygen atoms in total. The molecule has 0 aliphatic carbocycles. The molecular weight excluding hydrogens is 499 g/mol. The Morgan fingerprint density at radius 3 is 2.24 bits per heavy atom. The van der Waals surface area contributed by atoms with Gasteiger partial charge in [0.05, 0.1) is 31.9 Å². The maximum atomic E-state index is 13.6. The van der Waals surface area contributed by atoms with E-state index < -0.39 is 32.6 Å². The highest BCUT2D eigenvalue weighted by atomic mass is 32.2. The largest absolute Gasteiger partial charge is 0.494 e. The summed E-state index contributed by atoms with van der Waals surface area (Å²) in [5, 5.41) is 7.72. The van der Waals surface area contributed by atoms with E-state index in [-0.39, 0.29) is 11.6 Å². The van der Waals surface area contributed by atoms with Gasteiger partial charge in [0.15, 0.2) is 27.3 Å². The third-order valence-electron chi connectivity index (χ3n) is 6.14. The number of aromatic nitrogens is 6. The van der Waals surface area contributed by atoms with E-state index in [2.05, 4.69) is 25.1 Å². The molecule has 0 N–H and O–H groups in total. The number of para-hydroxylation sites is 1. The van der Waals surface area contributed by atoms with Gasteiger partial charge in [-0.3, -0.25) is 9.55 Å². The fourth-order valence-corrected chi connectivity index (χ4v) is 5.50. The van der Waals surface area contributed by atoms with E-state index in [4.69, 9.17) is 9.47 Å². The van der Waals surface area contributed by atoms with Crippen LogP contribution in [0.25, 0.3) is 17.1 Å². The Morgan fingerprint density at radius 1 is 1.00 bits per heavy atom. The monoisotopic (exact) mass is 526 g/mol.